The van der Waals surface area contributed by atoms with Crippen LogP contribution in [0.4, 0.5) is 0 Å². The highest BCUT2D eigenvalue weighted by atomic mass is 127. The maximum Gasteiger partial charge on any atom is 0.0917 e. The number of benzene rings is 1. The molecule has 1 aromatic rings. The lowest BCUT2D eigenvalue weighted by Crippen LogP contribution is -2.28. The van der Waals surface area contributed by atoms with Gasteiger partial charge >= 0.3 is 0 Å². The van der Waals surface area contributed by atoms with Gasteiger partial charge in [0.2, 0.25) is 0 Å². The Morgan fingerprint density at radius 3 is 2.44 bits per heavy atom. The van der Waals surface area contributed by atoms with Gasteiger partial charge in [0.25, 0.3) is 0 Å². The zero-order chi connectivity index (χ0) is 11.3. The average molecular weight is 356 g/mol. The third kappa shape index (κ3) is 4.99. The molecule has 92 valence electrons. The summed E-state index contributed by atoms with van der Waals surface area (Å²) >= 11 is 2.27. The third-order valence-electron chi connectivity index (χ3n) is 2.56. The van der Waals surface area contributed by atoms with Crippen LogP contribution in [0.25, 0.3) is 0 Å². The fourth-order valence-electron chi connectivity index (χ4n) is 1.55. The molecule has 0 bridgehead atoms. The van der Waals surface area contributed by atoms with Crippen molar-refractivity contribution in [3.05, 3.63) is 33.4 Å². The van der Waals surface area contributed by atoms with Crippen molar-refractivity contribution in [1.29, 1.82) is 0 Å². The lowest BCUT2D eigenvalue weighted by Gasteiger charge is -2.22. The summed E-state index contributed by atoms with van der Waals surface area (Å²) in [6.45, 7) is 6.91. The van der Waals surface area contributed by atoms with E-state index in [1.165, 1.54) is 3.57 Å². The van der Waals surface area contributed by atoms with E-state index in [-0.39, 0.29) is 18.5 Å². The minimum atomic E-state index is -0.375. The third-order valence-corrected chi connectivity index (χ3v) is 3.23. The van der Waals surface area contributed by atoms with Crippen LogP contribution in [-0.2, 0) is 0 Å². The molecule has 0 spiro atoms. The van der Waals surface area contributed by atoms with Gasteiger partial charge in [-0.2, -0.15) is 0 Å². The highest BCUT2D eigenvalue weighted by molar-refractivity contribution is 14.1. The van der Waals surface area contributed by atoms with E-state index in [1.807, 2.05) is 24.3 Å². The fourth-order valence-corrected chi connectivity index (χ4v) is 2.11. The molecular weight excluding hydrogens is 336 g/mol. The van der Waals surface area contributed by atoms with E-state index in [9.17, 15) is 5.11 Å². The molecule has 16 heavy (non-hydrogen) atoms. The molecule has 1 rings (SSSR count). The van der Waals surface area contributed by atoms with Gasteiger partial charge in [0, 0.05) is 10.1 Å². The van der Waals surface area contributed by atoms with E-state index >= 15 is 0 Å². The topological polar surface area (TPSA) is 23.5 Å². The first-order chi connectivity index (χ1) is 7.17. The highest BCUT2D eigenvalue weighted by Gasteiger charge is 2.10. The minimum absolute atomic E-state index is 0. The van der Waals surface area contributed by atoms with Gasteiger partial charge in [0.05, 0.1) is 6.10 Å². The van der Waals surface area contributed by atoms with Gasteiger partial charge in [-0.15, -0.1) is 12.4 Å². The van der Waals surface area contributed by atoms with Gasteiger partial charge in [-0.1, -0.05) is 26.0 Å². The Labute approximate surface area is 118 Å². The summed E-state index contributed by atoms with van der Waals surface area (Å²) in [4.78, 5) is 2.23. The summed E-state index contributed by atoms with van der Waals surface area (Å²) in [6, 6.07) is 8.04. The molecule has 1 atom stereocenters. The molecule has 0 heterocycles. The second kappa shape index (κ2) is 8.28. The Morgan fingerprint density at radius 2 is 1.94 bits per heavy atom. The van der Waals surface area contributed by atoms with Gasteiger partial charge in [-0.05, 0) is 53.4 Å². The van der Waals surface area contributed by atoms with Crippen molar-refractivity contribution >= 4 is 35.0 Å². The second-order valence-electron chi connectivity index (χ2n) is 3.56. The summed E-state index contributed by atoms with van der Waals surface area (Å²) in [5.41, 5.74) is 1.01. The first-order valence-electron chi connectivity index (χ1n) is 5.33. The Kier molecular flexibility index (Phi) is 8.36. The maximum absolute atomic E-state index is 10.0. The number of hydrogen-bond acceptors (Lipinski definition) is 2. The molecule has 0 saturated heterocycles. The number of likely N-dealkylation sites (N-methyl/N-ethyl adjacent to an activating group) is 1. The molecule has 0 radical (unpaired) electrons. The lowest BCUT2D eigenvalue weighted by atomic mass is 10.1. The van der Waals surface area contributed by atoms with Crippen LogP contribution < -0.4 is 0 Å². The molecule has 0 aliphatic heterocycles. The number of hydrogen-bond donors (Lipinski definition) is 1. The molecule has 0 amide bonds. The average Bonchev–Trinajstić information content (AvgIpc) is 2.25. The molecule has 1 aromatic carbocycles. The number of rotatable bonds is 5. The number of aliphatic hydroxyl groups is 1. The Balaban J connectivity index is 0.00000225. The van der Waals surface area contributed by atoms with Gasteiger partial charge in [-0.25, -0.2) is 0 Å². The smallest absolute Gasteiger partial charge is 0.0917 e. The predicted octanol–water partition coefficient (Wildman–Crippen LogP) is 3.09. The summed E-state index contributed by atoms with van der Waals surface area (Å²) in [5, 5.41) is 10.0. The largest absolute Gasteiger partial charge is 0.387 e. The van der Waals surface area contributed by atoms with Crippen molar-refractivity contribution in [3.8, 4) is 0 Å². The maximum atomic E-state index is 10.0. The zero-order valence-electron chi connectivity index (χ0n) is 9.69. The van der Waals surface area contributed by atoms with Crippen LogP contribution in [0.3, 0.4) is 0 Å². The van der Waals surface area contributed by atoms with Crippen molar-refractivity contribution in [1.82, 2.24) is 4.90 Å². The minimum Gasteiger partial charge on any atom is -0.387 e. The molecule has 0 fully saturated rings. The van der Waals surface area contributed by atoms with Crippen molar-refractivity contribution in [2.75, 3.05) is 19.6 Å². The molecule has 0 aliphatic rings. The number of aliphatic hydroxyl groups excluding tert-OH is 1. The van der Waals surface area contributed by atoms with Gasteiger partial charge in [0.1, 0.15) is 0 Å². The SMILES string of the molecule is CCN(CC)CC(O)c1cccc(I)c1.Cl. The second-order valence-corrected chi connectivity index (χ2v) is 4.80. The zero-order valence-corrected chi connectivity index (χ0v) is 12.7. The molecular formula is C12H19ClINO. The van der Waals surface area contributed by atoms with E-state index in [4.69, 9.17) is 0 Å². The Bertz CT molecular complexity index is 305. The van der Waals surface area contributed by atoms with E-state index in [0.29, 0.717) is 6.54 Å². The van der Waals surface area contributed by atoms with E-state index < -0.39 is 0 Å². The summed E-state index contributed by atoms with van der Waals surface area (Å²) in [7, 11) is 0. The summed E-state index contributed by atoms with van der Waals surface area (Å²) < 4.78 is 1.17. The fraction of sp³-hybridized carbons (Fsp3) is 0.500. The first kappa shape index (κ1) is 16.2. The van der Waals surface area contributed by atoms with E-state index in [2.05, 4.69) is 41.3 Å². The highest BCUT2D eigenvalue weighted by Crippen LogP contribution is 2.16. The Morgan fingerprint density at radius 1 is 1.31 bits per heavy atom. The molecule has 1 N–H and O–H groups in total. The summed E-state index contributed by atoms with van der Waals surface area (Å²) in [5.74, 6) is 0. The van der Waals surface area contributed by atoms with Crippen molar-refractivity contribution < 1.29 is 5.11 Å². The van der Waals surface area contributed by atoms with E-state index in [1.54, 1.807) is 0 Å². The molecule has 4 heteroatoms. The summed E-state index contributed by atoms with van der Waals surface area (Å²) in [6.07, 6.45) is -0.375. The van der Waals surface area contributed by atoms with Crippen LogP contribution in [0.5, 0.6) is 0 Å². The standard InChI is InChI=1S/C12H18INO.ClH/c1-3-14(4-2)9-12(15)10-6-5-7-11(13)8-10;/h5-8,12,15H,3-4,9H2,1-2H3;1H. The lowest BCUT2D eigenvalue weighted by molar-refractivity contribution is 0.119. The van der Waals surface area contributed by atoms with Crippen LogP contribution in [-0.4, -0.2) is 29.6 Å². The van der Waals surface area contributed by atoms with Crippen LogP contribution >= 0.6 is 35.0 Å². The molecule has 0 saturated carbocycles. The van der Waals surface area contributed by atoms with Crippen LogP contribution in [0.1, 0.15) is 25.5 Å². The quantitative estimate of drug-likeness (QED) is 0.821. The molecule has 0 aliphatic carbocycles. The van der Waals surface area contributed by atoms with Gasteiger partial charge in [-0.3, -0.25) is 0 Å². The van der Waals surface area contributed by atoms with Crippen molar-refractivity contribution in [2.24, 2.45) is 0 Å². The van der Waals surface area contributed by atoms with Crippen molar-refractivity contribution in [3.63, 3.8) is 0 Å². The normalized spacial score (nSPS) is 12.3. The van der Waals surface area contributed by atoms with Crippen LogP contribution in [0.2, 0.25) is 0 Å². The molecule has 0 aromatic heterocycles. The monoisotopic (exact) mass is 355 g/mol. The van der Waals surface area contributed by atoms with Crippen LogP contribution in [0.15, 0.2) is 24.3 Å². The first-order valence-corrected chi connectivity index (χ1v) is 6.41. The van der Waals surface area contributed by atoms with Crippen molar-refractivity contribution in [2.45, 2.75) is 20.0 Å². The molecule has 1 unspecified atom stereocenters. The van der Waals surface area contributed by atoms with Gasteiger partial charge < -0.3 is 10.0 Å². The number of nitrogens with zero attached hydrogens (tertiary/aromatic N) is 1. The molecule has 2 nitrogen and oxygen atoms in total. The predicted molar refractivity (Wildman–Crippen MR) is 79.2 cm³/mol. The van der Waals surface area contributed by atoms with Crippen LogP contribution in [0, 0.1) is 3.57 Å². The number of halogens is 2. The van der Waals surface area contributed by atoms with Gasteiger partial charge in [0.15, 0.2) is 0 Å². The Hall–Kier alpha value is 0.160. The van der Waals surface area contributed by atoms with E-state index in [0.717, 1.165) is 18.7 Å².